The Bertz CT molecular complexity index is 509. The highest BCUT2D eigenvalue weighted by Crippen LogP contribution is 2.26. The predicted octanol–water partition coefficient (Wildman–Crippen LogP) is 4.35. The lowest BCUT2D eigenvalue weighted by atomic mass is 10.1. The smallest absolute Gasteiger partial charge is 0.0934 e. The Morgan fingerprint density at radius 1 is 1.35 bits per heavy atom. The number of nitrogens with zero attached hydrogens (tertiary/aromatic N) is 1. The zero-order valence-corrected chi connectivity index (χ0v) is 11.0. The van der Waals surface area contributed by atoms with Gasteiger partial charge in [-0.25, -0.2) is 0 Å². The number of benzene rings is 1. The van der Waals surface area contributed by atoms with Crippen molar-refractivity contribution in [2.45, 2.75) is 20.3 Å². The first-order valence-electron chi connectivity index (χ1n) is 5.95. The fourth-order valence-electron chi connectivity index (χ4n) is 1.79. The maximum Gasteiger partial charge on any atom is 0.0934 e. The second kappa shape index (κ2) is 5.37. The molecule has 0 amide bonds. The topological polar surface area (TPSA) is 24.9 Å². The molecule has 90 valence electrons. The van der Waals surface area contributed by atoms with Gasteiger partial charge in [-0.1, -0.05) is 31.5 Å². The summed E-state index contributed by atoms with van der Waals surface area (Å²) in [5, 5.41) is 5.24. The fraction of sp³-hybridized carbons (Fsp3) is 0.357. The predicted molar refractivity (Wildman–Crippen MR) is 74.7 cm³/mol. The van der Waals surface area contributed by atoms with Crippen molar-refractivity contribution in [1.82, 2.24) is 4.98 Å². The minimum Gasteiger partial charge on any atom is -0.383 e. The first-order chi connectivity index (χ1) is 8.16. The molecule has 2 rings (SSSR count). The Kier molecular flexibility index (Phi) is 3.85. The van der Waals surface area contributed by atoms with E-state index in [1.54, 1.807) is 0 Å². The summed E-state index contributed by atoms with van der Waals surface area (Å²) in [6.07, 6.45) is 2.95. The number of hydrogen-bond donors (Lipinski definition) is 1. The summed E-state index contributed by atoms with van der Waals surface area (Å²) in [5.41, 5.74) is 2.01. The first kappa shape index (κ1) is 12.2. The van der Waals surface area contributed by atoms with E-state index in [9.17, 15) is 0 Å². The van der Waals surface area contributed by atoms with Crippen LogP contribution in [0.5, 0.6) is 0 Å². The Morgan fingerprint density at radius 3 is 2.94 bits per heavy atom. The zero-order valence-electron chi connectivity index (χ0n) is 10.2. The Balaban J connectivity index is 2.26. The van der Waals surface area contributed by atoms with Crippen LogP contribution in [0.2, 0.25) is 5.02 Å². The summed E-state index contributed by atoms with van der Waals surface area (Å²) in [6.45, 7) is 5.38. The molecule has 0 spiro atoms. The molecule has 3 heteroatoms. The largest absolute Gasteiger partial charge is 0.383 e. The molecule has 17 heavy (non-hydrogen) atoms. The second-order valence-corrected chi connectivity index (χ2v) is 5.07. The van der Waals surface area contributed by atoms with E-state index < -0.39 is 0 Å². The van der Waals surface area contributed by atoms with Gasteiger partial charge in [0.25, 0.3) is 0 Å². The summed E-state index contributed by atoms with van der Waals surface area (Å²) >= 11 is 6.10. The van der Waals surface area contributed by atoms with Gasteiger partial charge < -0.3 is 5.32 Å². The number of fused-ring (bicyclic) bond motifs is 1. The molecular weight excluding hydrogens is 232 g/mol. The molecule has 0 unspecified atom stereocenters. The number of aromatic nitrogens is 1. The SMILES string of the molecule is CC(C)CCNc1cc(Cl)cc2cccnc12. The van der Waals surface area contributed by atoms with Crippen molar-refractivity contribution in [1.29, 1.82) is 0 Å². The van der Waals surface area contributed by atoms with Crippen molar-refractivity contribution >= 4 is 28.2 Å². The maximum atomic E-state index is 6.10. The van der Waals surface area contributed by atoms with Crippen LogP contribution in [0.3, 0.4) is 0 Å². The third-order valence-electron chi connectivity index (χ3n) is 2.71. The van der Waals surface area contributed by atoms with Gasteiger partial charge in [-0.05, 0) is 30.5 Å². The lowest BCUT2D eigenvalue weighted by Gasteiger charge is -2.11. The molecule has 2 nitrogen and oxygen atoms in total. The normalized spacial score (nSPS) is 11.1. The van der Waals surface area contributed by atoms with Gasteiger partial charge in [-0.15, -0.1) is 0 Å². The van der Waals surface area contributed by atoms with Crippen LogP contribution in [0.25, 0.3) is 10.9 Å². The van der Waals surface area contributed by atoms with Crippen LogP contribution >= 0.6 is 11.6 Å². The van der Waals surface area contributed by atoms with E-state index in [2.05, 4.69) is 24.1 Å². The quantitative estimate of drug-likeness (QED) is 0.870. The van der Waals surface area contributed by atoms with Gasteiger partial charge in [0.1, 0.15) is 0 Å². The van der Waals surface area contributed by atoms with Crippen LogP contribution < -0.4 is 5.32 Å². The number of rotatable bonds is 4. The minimum atomic E-state index is 0.695. The van der Waals surface area contributed by atoms with Crippen LogP contribution in [0, 0.1) is 5.92 Å². The molecule has 1 aromatic carbocycles. The minimum absolute atomic E-state index is 0.695. The number of halogens is 1. The molecule has 1 N–H and O–H groups in total. The summed E-state index contributed by atoms with van der Waals surface area (Å²) in [7, 11) is 0. The van der Waals surface area contributed by atoms with Crippen molar-refractivity contribution in [2.24, 2.45) is 5.92 Å². The van der Waals surface area contributed by atoms with Gasteiger partial charge in [0.05, 0.1) is 11.2 Å². The van der Waals surface area contributed by atoms with Gasteiger partial charge >= 0.3 is 0 Å². The average molecular weight is 249 g/mol. The Labute approximate surface area is 107 Å². The van der Waals surface area contributed by atoms with E-state index in [4.69, 9.17) is 11.6 Å². The van der Waals surface area contributed by atoms with Crippen molar-refractivity contribution in [3.63, 3.8) is 0 Å². The van der Waals surface area contributed by atoms with Crippen LogP contribution in [-0.4, -0.2) is 11.5 Å². The van der Waals surface area contributed by atoms with Crippen LogP contribution in [-0.2, 0) is 0 Å². The number of hydrogen-bond acceptors (Lipinski definition) is 2. The monoisotopic (exact) mass is 248 g/mol. The van der Waals surface area contributed by atoms with Gasteiger partial charge in [-0.3, -0.25) is 4.98 Å². The third-order valence-corrected chi connectivity index (χ3v) is 2.93. The fourth-order valence-corrected chi connectivity index (χ4v) is 2.01. The average Bonchev–Trinajstić information content (AvgIpc) is 2.28. The molecule has 0 aliphatic carbocycles. The van der Waals surface area contributed by atoms with E-state index in [0.29, 0.717) is 5.92 Å². The van der Waals surface area contributed by atoms with E-state index in [1.807, 2.05) is 30.5 Å². The molecule has 0 aliphatic rings. The van der Waals surface area contributed by atoms with Gasteiger partial charge in [0.15, 0.2) is 0 Å². The molecule has 0 radical (unpaired) electrons. The summed E-state index contributed by atoms with van der Waals surface area (Å²) in [6, 6.07) is 7.84. The first-order valence-corrected chi connectivity index (χ1v) is 6.33. The van der Waals surface area contributed by atoms with E-state index in [0.717, 1.165) is 34.6 Å². The van der Waals surface area contributed by atoms with E-state index in [1.165, 1.54) is 0 Å². The van der Waals surface area contributed by atoms with E-state index >= 15 is 0 Å². The van der Waals surface area contributed by atoms with Gasteiger partial charge in [-0.2, -0.15) is 0 Å². The highest BCUT2D eigenvalue weighted by Gasteiger charge is 2.04. The molecular formula is C14H17ClN2. The second-order valence-electron chi connectivity index (χ2n) is 4.64. The molecule has 0 aliphatic heterocycles. The Morgan fingerprint density at radius 2 is 2.18 bits per heavy atom. The summed E-state index contributed by atoms with van der Waals surface area (Å²) in [4.78, 5) is 4.40. The number of anilines is 1. The lowest BCUT2D eigenvalue weighted by Crippen LogP contribution is -2.05. The number of pyridine rings is 1. The third kappa shape index (κ3) is 3.10. The molecule has 1 heterocycles. The van der Waals surface area contributed by atoms with Crippen LogP contribution in [0.15, 0.2) is 30.5 Å². The Hall–Kier alpha value is -1.28. The molecule has 1 aromatic heterocycles. The van der Waals surface area contributed by atoms with E-state index in [-0.39, 0.29) is 0 Å². The van der Waals surface area contributed by atoms with Crippen molar-refractivity contribution < 1.29 is 0 Å². The highest BCUT2D eigenvalue weighted by atomic mass is 35.5. The molecule has 0 bridgehead atoms. The maximum absolute atomic E-state index is 6.10. The molecule has 2 aromatic rings. The molecule has 0 saturated heterocycles. The van der Waals surface area contributed by atoms with Crippen LogP contribution in [0.4, 0.5) is 5.69 Å². The highest BCUT2D eigenvalue weighted by molar-refractivity contribution is 6.31. The zero-order chi connectivity index (χ0) is 12.3. The summed E-state index contributed by atoms with van der Waals surface area (Å²) < 4.78 is 0. The van der Waals surface area contributed by atoms with Crippen molar-refractivity contribution in [3.8, 4) is 0 Å². The van der Waals surface area contributed by atoms with Gasteiger partial charge in [0, 0.05) is 23.2 Å². The standard InChI is InChI=1S/C14H17ClN2/c1-10(2)5-7-16-13-9-12(15)8-11-4-3-6-17-14(11)13/h3-4,6,8-10,16H,5,7H2,1-2H3. The number of nitrogens with one attached hydrogen (secondary N) is 1. The van der Waals surface area contributed by atoms with Crippen molar-refractivity contribution in [3.05, 3.63) is 35.5 Å². The van der Waals surface area contributed by atoms with Crippen LogP contribution in [0.1, 0.15) is 20.3 Å². The summed E-state index contributed by atoms with van der Waals surface area (Å²) in [5.74, 6) is 0.695. The lowest BCUT2D eigenvalue weighted by molar-refractivity contribution is 0.607. The molecule has 0 atom stereocenters. The molecule has 0 fully saturated rings. The van der Waals surface area contributed by atoms with Crippen molar-refractivity contribution in [2.75, 3.05) is 11.9 Å². The van der Waals surface area contributed by atoms with Gasteiger partial charge in [0.2, 0.25) is 0 Å². The molecule has 0 saturated carbocycles.